The van der Waals surface area contributed by atoms with E-state index in [1.807, 2.05) is 12.1 Å². The first-order valence-electron chi connectivity index (χ1n) is 6.90. The molecule has 1 rings (SSSR count). The fraction of sp³-hybridized carbons (Fsp3) is 0.643. The standard InChI is InChI=1S/C14H25N3O2.HI/c1-3-8-15-14(16-9-5-11-18-2)17-10-7-13-6-4-12-19-13;/h4,6,12H,3,5,7-11H2,1-2H3,(H2,15,16,17);1H. The molecule has 0 spiro atoms. The molecule has 20 heavy (non-hydrogen) atoms. The van der Waals surface area contributed by atoms with Gasteiger partial charge in [0.1, 0.15) is 5.76 Å². The number of ether oxygens (including phenoxy) is 1. The van der Waals surface area contributed by atoms with E-state index in [9.17, 15) is 0 Å². The number of methoxy groups -OCH3 is 1. The van der Waals surface area contributed by atoms with Crippen LogP contribution in [0.2, 0.25) is 0 Å². The minimum Gasteiger partial charge on any atom is -0.469 e. The van der Waals surface area contributed by atoms with Gasteiger partial charge in [-0.15, -0.1) is 24.0 Å². The number of nitrogens with one attached hydrogen (secondary N) is 2. The molecule has 0 amide bonds. The molecule has 0 saturated heterocycles. The molecule has 0 aromatic carbocycles. The summed E-state index contributed by atoms with van der Waals surface area (Å²) in [5.74, 6) is 1.85. The van der Waals surface area contributed by atoms with Gasteiger partial charge in [0.2, 0.25) is 0 Å². The summed E-state index contributed by atoms with van der Waals surface area (Å²) in [6.07, 6.45) is 4.58. The topological polar surface area (TPSA) is 58.8 Å². The van der Waals surface area contributed by atoms with Crippen molar-refractivity contribution < 1.29 is 9.15 Å². The van der Waals surface area contributed by atoms with Crippen LogP contribution in [0.1, 0.15) is 25.5 Å². The normalized spacial score (nSPS) is 11.0. The van der Waals surface area contributed by atoms with Gasteiger partial charge in [-0.05, 0) is 25.0 Å². The number of halogens is 1. The number of guanidine groups is 1. The number of aliphatic imine (C=N–C) groups is 1. The molecule has 0 radical (unpaired) electrons. The van der Waals surface area contributed by atoms with Crippen molar-refractivity contribution in [3.05, 3.63) is 24.2 Å². The highest BCUT2D eigenvalue weighted by Gasteiger charge is 1.99. The van der Waals surface area contributed by atoms with Gasteiger partial charge in [-0.3, -0.25) is 4.99 Å². The highest BCUT2D eigenvalue weighted by atomic mass is 127. The van der Waals surface area contributed by atoms with Crippen LogP contribution in [-0.2, 0) is 11.2 Å². The highest BCUT2D eigenvalue weighted by molar-refractivity contribution is 14.0. The Hall–Kier alpha value is -0.760. The van der Waals surface area contributed by atoms with Crippen LogP contribution in [0.25, 0.3) is 0 Å². The summed E-state index contributed by atoms with van der Waals surface area (Å²) in [6, 6.07) is 3.89. The summed E-state index contributed by atoms with van der Waals surface area (Å²) in [5, 5.41) is 6.61. The smallest absolute Gasteiger partial charge is 0.191 e. The first-order valence-corrected chi connectivity index (χ1v) is 6.90. The van der Waals surface area contributed by atoms with E-state index in [0.29, 0.717) is 0 Å². The van der Waals surface area contributed by atoms with Crippen molar-refractivity contribution in [3.8, 4) is 0 Å². The van der Waals surface area contributed by atoms with Crippen LogP contribution in [-0.4, -0.2) is 39.3 Å². The van der Waals surface area contributed by atoms with E-state index in [2.05, 4.69) is 22.5 Å². The molecule has 0 saturated carbocycles. The quantitative estimate of drug-likeness (QED) is 0.292. The lowest BCUT2D eigenvalue weighted by molar-refractivity contribution is 0.195. The predicted molar refractivity (Wildman–Crippen MR) is 92.9 cm³/mol. The van der Waals surface area contributed by atoms with E-state index in [1.54, 1.807) is 13.4 Å². The molecule has 0 aliphatic carbocycles. The Morgan fingerprint density at radius 2 is 2.15 bits per heavy atom. The van der Waals surface area contributed by atoms with E-state index in [1.165, 1.54) is 0 Å². The van der Waals surface area contributed by atoms with Crippen molar-refractivity contribution in [1.82, 2.24) is 10.6 Å². The van der Waals surface area contributed by atoms with Crippen LogP contribution in [0.15, 0.2) is 27.8 Å². The molecule has 0 bridgehead atoms. The second-order valence-electron chi connectivity index (χ2n) is 4.26. The summed E-state index contributed by atoms with van der Waals surface area (Å²) in [6.45, 7) is 5.40. The van der Waals surface area contributed by atoms with Gasteiger partial charge in [-0.2, -0.15) is 0 Å². The van der Waals surface area contributed by atoms with Crippen LogP contribution < -0.4 is 10.6 Å². The van der Waals surface area contributed by atoms with Crippen LogP contribution in [0, 0.1) is 0 Å². The molecule has 5 nitrogen and oxygen atoms in total. The second kappa shape index (κ2) is 13.2. The van der Waals surface area contributed by atoms with Gasteiger partial charge < -0.3 is 19.8 Å². The molecule has 1 aromatic heterocycles. The molecular formula is C14H26IN3O2. The van der Waals surface area contributed by atoms with E-state index in [4.69, 9.17) is 9.15 Å². The predicted octanol–water partition coefficient (Wildman–Crippen LogP) is 2.42. The zero-order valence-electron chi connectivity index (χ0n) is 12.4. The van der Waals surface area contributed by atoms with Crippen molar-refractivity contribution in [1.29, 1.82) is 0 Å². The van der Waals surface area contributed by atoms with Crippen molar-refractivity contribution in [2.75, 3.05) is 33.4 Å². The lowest BCUT2D eigenvalue weighted by atomic mass is 10.3. The van der Waals surface area contributed by atoms with Crippen LogP contribution in [0.4, 0.5) is 0 Å². The van der Waals surface area contributed by atoms with Gasteiger partial charge in [-0.25, -0.2) is 0 Å². The maximum absolute atomic E-state index is 5.29. The maximum Gasteiger partial charge on any atom is 0.191 e. The summed E-state index contributed by atoms with van der Waals surface area (Å²) in [7, 11) is 1.72. The minimum atomic E-state index is 0. The fourth-order valence-corrected chi connectivity index (χ4v) is 1.58. The third-order valence-electron chi connectivity index (χ3n) is 2.56. The van der Waals surface area contributed by atoms with Crippen molar-refractivity contribution in [2.24, 2.45) is 4.99 Å². The summed E-state index contributed by atoms with van der Waals surface area (Å²) in [5.41, 5.74) is 0. The first-order chi connectivity index (χ1) is 9.36. The van der Waals surface area contributed by atoms with Crippen LogP contribution in [0.3, 0.4) is 0 Å². The number of hydrogen-bond acceptors (Lipinski definition) is 3. The Morgan fingerprint density at radius 3 is 2.80 bits per heavy atom. The number of nitrogens with zero attached hydrogens (tertiary/aromatic N) is 1. The zero-order valence-corrected chi connectivity index (χ0v) is 14.7. The molecule has 116 valence electrons. The second-order valence-corrected chi connectivity index (χ2v) is 4.26. The monoisotopic (exact) mass is 395 g/mol. The number of furan rings is 1. The van der Waals surface area contributed by atoms with E-state index in [0.717, 1.165) is 57.2 Å². The van der Waals surface area contributed by atoms with E-state index in [-0.39, 0.29) is 24.0 Å². The Morgan fingerprint density at radius 1 is 1.35 bits per heavy atom. The largest absolute Gasteiger partial charge is 0.469 e. The highest BCUT2D eigenvalue weighted by Crippen LogP contribution is 1.99. The third-order valence-corrected chi connectivity index (χ3v) is 2.56. The first kappa shape index (κ1) is 19.2. The van der Waals surface area contributed by atoms with Gasteiger partial charge in [0.25, 0.3) is 0 Å². The fourth-order valence-electron chi connectivity index (χ4n) is 1.58. The molecule has 0 fully saturated rings. The Balaban J connectivity index is 0.00000361. The summed E-state index contributed by atoms with van der Waals surface area (Å²) >= 11 is 0. The molecular weight excluding hydrogens is 369 g/mol. The zero-order chi connectivity index (χ0) is 13.8. The van der Waals surface area contributed by atoms with Crippen LogP contribution in [0.5, 0.6) is 0 Å². The molecule has 0 atom stereocenters. The van der Waals surface area contributed by atoms with E-state index >= 15 is 0 Å². The Labute approximate surface area is 138 Å². The van der Waals surface area contributed by atoms with Crippen LogP contribution >= 0.6 is 24.0 Å². The molecule has 0 aliphatic rings. The lowest BCUT2D eigenvalue weighted by Crippen LogP contribution is -2.39. The molecule has 1 heterocycles. The SMILES string of the molecule is CCCN=C(NCCCOC)NCCc1ccco1.I. The Bertz CT molecular complexity index is 342. The summed E-state index contributed by atoms with van der Waals surface area (Å²) < 4.78 is 10.3. The molecule has 6 heteroatoms. The average molecular weight is 395 g/mol. The van der Waals surface area contributed by atoms with Crippen molar-refractivity contribution in [2.45, 2.75) is 26.2 Å². The molecule has 1 aromatic rings. The van der Waals surface area contributed by atoms with Gasteiger partial charge >= 0.3 is 0 Å². The third kappa shape index (κ3) is 9.19. The lowest BCUT2D eigenvalue weighted by Gasteiger charge is -2.11. The van der Waals surface area contributed by atoms with Crippen molar-refractivity contribution >= 4 is 29.9 Å². The number of rotatable bonds is 9. The summed E-state index contributed by atoms with van der Waals surface area (Å²) in [4.78, 5) is 4.48. The molecule has 0 aliphatic heterocycles. The molecule has 0 unspecified atom stereocenters. The van der Waals surface area contributed by atoms with Gasteiger partial charge in [0.05, 0.1) is 6.26 Å². The van der Waals surface area contributed by atoms with Gasteiger partial charge in [-0.1, -0.05) is 6.92 Å². The number of hydrogen-bond donors (Lipinski definition) is 2. The van der Waals surface area contributed by atoms with E-state index < -0.39 is 0 Å². The average Bonchev–Trinajstić information content (AvgIpc) is 2.93. The molecule has 2 N–H and O–H groups in total. The minimum absolute atomic E-state index is 0. The van der Waals surface area contributed by atoms with Crippen molar-refractivity contribution in [3.63, 3.8) is 0 Å². The van der Waals surface area contributed by atoms with Gasteiger partial charge in [0, 0.05) is 39.8 Å². The van der Waals surface area contributed by atoms with Gasteiger partial charge in [0.15, 0.2) is 5.96 Å². The maximum atomic E-state index is 5.29. The Kier molecular flexibility index (Phi) is 12.7.